The summed E-state index contributed by atoms with van der Waals surface area (Å²) >= 11 is 1.97. The van der Waals surface area contributed by atoms with E-state index < -0.39 is 0 Å². The molecule has 6 heteroatoms. The summed E-state index contributed by atoms with van der Waals surface area (Å²) in [6.45, 7) is 10.2. The summed E-state index contributed by atoms with van der Waals surface area (Å²) in [5.74, 6) is 2.39. The van der Waals surface area contributed by atoms with Gasteiger partial charge in [0.15, 0.2) is 0 Å². The van der Waals surface area contributed by atoms with Gasteiger partial charge >= 0.3 is 7.12 Å². The minimum atomic E-state index is -0.293. The molecule has 2 heterocycles. The first-order chi connectivity index (χ1) is 13.3. The Morgan fingerprint density at radius 3 is 2.04 bits per heavy atom. The predicted octanol–water partition coefficient (Wildman–Crippen LogP) is 3.63. The first kappa shape index (κ1) is 21.9. The molecule has 1 aromatic carbocycles. The Labute approximate surface area is 174 Å². The zero-order valence-corrected chi connectivity index (χ0v) is 18.5. The smallest absolute Gasteiger partial charge is 0.399 e. The van der Waals surface area contributed by atoms with Gasteiger partial charge in [-0.25, -0.2) is 0 Å². The van der Waals surface area contributed by atoms with Crippen LogP contribution < -0.4 is 11.2 Å². The van der Waals surface area contributed by atoms with Crippen molar-refractivity contribution in [3.8, 4) is 0 Å². The van der Waals surface area contributed by atoms with Gasteiger partial charge in [-0.2, -0.15) is 11.8 Å². The summed E-state index contributed by atoms with van der Waals surface area (Å²) < 4.78 is 17.2. The molecule has 3 aliphatic rings. The van der Waals surface area contributed by atoms with Crippen LogP contribution in [0.5, 0.6) is 0 Å². The SMILES string of the molecule is C1CSCCO1.CC1(C)OB(c2ccc(C3=CCC(N)CC3)cc2)OC1(C)C. The Kier molecular flexibility index (Phi) is 7.32. The van der Waals surface area contributed by atoms with Crippen LogP contribution in [0.3, 0.4) is 0 Å². The zero-order chi connectivity index (χ0) is 20.2. The minimum Gasteiger partial charge on any atom is -0.399 e. The Bertz CT molecular complexity index is 643. The third kappa shape index (κ3) is 5.42. The molecule has 1 aliphatic carbocycles. The first-order valence-electron chi connectivity index (χ1n) is 10.3. The average Bonchev–Trinajstić information content (AvgIpc) is 2.92. The zero-order valence-electron chi connectivity index (χ0n) is 17.7. The number of benzene rings is 1. The van der Waals surface area contributed by atoms with Gasteiger partial charge in [0.1, 0.15) is 0 Å². The van der Waals surface area contributed by atoms with Crippen LogP contribution in [0.25, 0.3) is 5.57 Å². The lowest BCUT2D eigenvalue weighted by Gasteiger charge is -2.32. The quantitative estimate of drug-likeness (QED) is 0.765. The fraction of sp³-hybridized carbons (Fsp3) is 0.636. The predicted molar refractivity (Wildman–Crippen MR) is 120 cm³/mol. The molecule has 154 valence electrons. The van der Waals surface area contributed by atoms with Crippen LogP contribution in [0.1, 0.15) is 52.5 Å². The Morgan fingerprint density at radius 1 is 1.00 bits per heavy atom. The number of hydrogen-bond acceptors (Lipinski definition) is 5. The topological polar surface area (TPSA) is 53.7 Å². The van der Waals surface area contributed by atoms with E-state index >= 15 is 0 Å². The minimum absolute atomic E-state index is 0.284. The van der Waals surface area contributed by atoms with Crippen molar-refractivity contribution in [3.05, 3.63) is 35.9 Å². The van der Waals surface area contributed by atoms with Crippen LogP contribution in [0.4, 0.5) is 0 Å². The van der Waals surface area contributed by atoms with Crippen molar-refractivity contribution in [2.45, 2.75) is 64.2 Å². The Hall–Kier alpha value is -0.785. The summed E-state index contributed by atoms with van der Waals surface area (Å²) in [5.41, 5.74) is 9.14. The molecule has 0 saturated carbocycles. The van der Waals surface area contributed by atoms with E-state index in [4.69, 9.17) is 19.8 Å². The molecular weight excluding hydrogens is 369 g/mol. The number of hydrogen-bond donors (Lipinski definition) is 1. The largest absolute Gasteiger partial charge is 0.494 e. The van der Waals surface area contributed by atoms with Crippen LogP contribution in [0.2, 0.25) is 0 Å². The first-order valence-corrected chi connectivity index (χ1v) is 11.5. The fourth-order valence-electron chi connectivity index (χ4n) is 3.39. The molecule has 0 aromatic heterocycles. The lowest BCUT2D eigenvalue weighted by Crippen LogP contribution is -2.41. The van der Waals surface area contributed by atoms with Crippen LogP contribution in [-0.2, 0) is 14.0 Å². The number of ether oxygens (including phenoxy) is 1. The molecule has 0 spiro atoms. The molecule has 2 N–H and O–H groups in total. The van der Waals surface area contributed by atoms with E-state index in [-0.39, 0.29) is 18.3 Å². The van der Waals surface area contributed by atoms with Crippen LogP contribution in [0.15, 0.2) is 30.3 Å². The second kappa shape index (κ2) is 9.35. The molecule has 1 unspecified atom stereocenters. The monoisotopic (exact) mass is 403 g/mol. The standard InChI is InChI=1S/C18H26BNO2.C4H8OS/c1-17(2)18(3,4)22-19(21-17)15-9-5-13(6-10-15)14-7-11-16(20)12-8-14;1-3-6-4-2-5-1/h5-7,9-10,16H,8,11-12,20H2,1-4H3;1-4H2. The maximum Gasteiger partial charge on any atom is 0.494 e. The third-order valence-corrected chi connectivity index (χ3v) is 6.91. The molecule has 4 rings (SSSR count). The van der Waals surface area contributed by atoms with Gasteiger partial charge in [-0.05, 0) is 63.6 Å². The van der Waals surface area contributed by atoms with Gasteiger partial charge < -0.3 is 19.8 Å². The van der Waals surface area contributed by atoms with E-state index in [9.17, 15) is 0 Å². The number of thioether (sulfide) groups is 1. The molecule has 2 fully saturated rings. The number of rotatable bonds is 2. The molecule has 1 aromatic rings. The molecule has 0 amide bonds. The van der Waals surface area contributed by atoms with Crippen molar-refractivity contribution in [3.63, 3.8) is 0 Å². The van der Waals surface area contributed by atoms with E-state index in [1.165, 1.54) is 22.6 Å². The van der Waals surface area contributed by atoms with Crippen molar-refractivity contribution in [1.29, 1.82) is 0 Å². The maximum absolute atomic E-state index is 6.10. The van der Waals surface area contributed by atoms with Crippen LogP contribution in [-0.4, -0.2) is 49.1 Å². The van der Waals surface area contributed by atoms with Crippen molar-refractivity contribution >= 4 is 29.9 Å². The van der Waals surface area contributed by atoms with Crippen LogP contribution in [0, 0.1) is 0 Å². The second-order valence-corrected chi connectivity index (χ2v) is 9.92. The fourth-order valence-corrected chi connectivity index (χ4v) is 4.07. The number of allylic oxidation sites excluding steroid dienone is 1. The maximum atomic E-state index is 6.10. The molecular formula is C22H34BNO3S. The summed E-state index contributed by atoms with van der Waals surface area (Å²) in [6.07, 6.45) is 5.40. The lowest BCUT2D eigenvalue weighted by molar-refractivity contribution is 0.00578. The highest BCUT2D eigenvalue weighted by Gasteiger charge is 2.51. The van der Waals surface area contributed by atoms with Crippen molar-refractivity contribution < 1.29 is 14.0 Å². The summed E-state index contributed by atoms with van der Waals surface area (Å²) in [5, 5.41) is 0. The molecule has 28 heavy (non-hydrogen) atoms. The van der Waals surface area contributed by atoms with Gasteiger partial charge in [0.25, 0.3) is 0 Å². The van der Waals surface area contributed by atoms with E-state index in [1.807, 2.05) is 11.8 Å². The number of nitrogens with two attached hydrogens (primary N) is 1. The van der Waals surface area contributed by atoms with Gasteiger partial charge in [-0.1, -0.05) is 30.3 Å². The lowest BCUT2D eigenvalue weighted by atomic mass is 9.78. The Balaban J connectivity index is 0.000000320. The van der Waals surface area contributed by atoms with Gasteiger partial charge in [-0.15, -0.1) is 0 Å². The van der Waals surface area contributed by atoms with Gasteiger partial charge in [-0.3, -0.25) is 0 Å². The van der Waals surface area contributed by atoms with E-state index in [0.717, 1.165) is 37.9 Å². The van der Waals surface area contributed by atoms with Gasteiger partial charge in [0, 0.05) is 17.5 Å². The van der Waals surface area contributed by atoms with Gasteiger partial charge in [0.05, 0.1) is 24.4 Å². The molecule has 0 radical (unpaired) electrons. The summed E-state index contributed by atoms with van der Waals surface area (Å²) in [4.78, 5) is 0. The Morgan fingerprint density at radius 2 is 1.61 bits per heavy atom. The molecule has 1 atom stereocenters. The third-order valence-electron chi connectivity index (χ3n) is 6.00. The highest BCUT2D eigenvalue weighted by atomic mass is 32.2. The molecule has 0 bridgehead atoms. The highest BCUT2D eigenvalue weighted by molar-refractivity contribution is 7.99. The average molecular weight is 403 g/mol. The summed E-state index contributed by atoms with van der Waals surface area (Å²) in [6, 6.07) is 8.90. The van der Waals surface area contributed by atoms with E-state index in [2.05, 4.69) is 58.0 Å². The van der Waals surface area contributed by atoms with Gasteiger partial charge in [0.2, 0.25) is 0 Å². The van der Waals surface area contributed by atoms with Crippen molar-refractivity contribution in [2.75, 3.05) is 24.7 Å². The second-order valence-electron chi connectivity index (χ2n) is 8.70. The molecule has 2 saturated heterocycles. The van der Waals surface area contributed by atoms with Crippen molar-refractivity contribution in [2.24, 2.45) is 5.73 Å². The van der Waals surface area contributed by atoms with E-state index in [1.54, 1.807) is 0 Å². The summed E-state index contributed by atoms with van der Waals surface area (Å²) in [7, 11) is -0.284. The van der Waals surface area contributed by atoms with E-state index in [0.29, 0.717) is 6.04 Å². The molecule has 2 aliphatic heterocycles. The normalized spacial score (nSPS) is 26.2. The van der Waals surface area contributed by atoms with Crippen LogP contribution >= 0.6 is 11.8 Å². The molecule has 4 nitrogen and oxygen atoms in total. The van der Waals surface area contributed by atoms with Crippen molar-refractivity contribution in [1.82, 2.24) is 0 Å². The highest BCUT2D eigenvalue weighted by Crippen LogP contribution is 2.36.